The van der Waals surface area contributed by atoms with Crippen molar-refractivity contribution in [3.8, 4) is 0 Å². The third-order valence-electron chi connectivity index (χ3n) is 2.65. The van der Waals surface area contributed by atoms with Gasteiger partial charge in [0.25, 0.3) is 5.91 Å². The van der Waals surface area contributed by atoms with Gasteiger partial charge in [0.1, 0.15) is 4.60 Å². The maximum absolute atomic E-state index is 11.7. The van der Waals surface area contributed by atoms with Crippen LogP contribution in [0.2, 0.25) is 0 Å². The lowest BCUT2D eigenvalue weighted by molar-refractivity contribution is -0.121. The first kappa shape index (κ1) is 15.6. The van der Waals surface area contributed by atoms with Crippen LogP contribution >= 0.6 is 15.9 Å². The molecule has 2 amide bonds. The van der Waals surface area contributed by atoms with Gasteiger partial charge in [-0.05, 0) is 41.4 Å². The third kappa shape index (κ3) is 5.83. The van der Waals surface area contributed by atoms with E-state index < -0.39 is 0 Å². The van der Waals surface area contributed by atoms with Gasteiger partial charge in [-0.15, -0.1) is 0 Å². The number of carbonyl (C=O) groups is 2. The zero-order valence-corrected chi connectivity index (χ0v) is 12.7. The molecule has 5 nitrogen and oxygen atoms in total. The molecule has 1 atom stereocenters. The molecular weight excluding hydrogens is 310 g/mol. The van der Waals surface area contributed by atoms with Crippen LogP contribution in [0.3, 0.4) is 0 Å². The van der Waals surface area contributed by atoms with Crippen molar-refractivity contribution in [3.63, 3.8) is 0 Å². The molecule has 0 aromatic carbocycles. The standard InChI is InChI=1S/C13H18BrN3O2/c1-3-9(2)17-12(18)6-7-15-13(19)10-4-5-11(14)16-8-10/h4-5,8-9H,3,6-7H2,1-2H3,(H,15,19)(H,17,18). The van der Waals surface area contributed by atoms with Crippen molar-refractivity contribution in [3.05, 3.63) is 28.5 Å². The number of hydrogen-bond donors (Lipinski definition) is 2. The molecule has 0 bridgehead atoms. The van der Waals surface area contributed by atoms with E-state index in [0.29, 0.717) is 16.7 Å². The molecule has 0 aliphatic carbocycles. The Morgan fingerprint density at radius 1 is 1.42 bits per heavy atom. The summed E-state index contributed by atoms with van der Waals surface area (Å²) < 4.78 is 0.678. The molecule has 0 aliphatic rings. The Morgan fingerprint density at radius 3 is 2.74 bits per heavy atom. The zero-order chi connectivity index (χ0) is 14.3. The van der Waals surface area contributed by atoms with Gasteiger partial charge in [0.05, 0.1) is 5.56 Å². The summed E-state index contributed by atoms with van der Waals surface area (Å²) in [6, 6.07) is 3.54. The Balaban J connectivity index is 2.31. The van der Waals surface area contributed by atoms with Crippen LogP contribution < -0.4 is 10.6 Å². The van der Waals surface area contributed by atoms with Crippen LogP contribution in [0, 0.1) is 0 Å². The topological polar surface area (TPSA) is 71.1 Å². The second kappa shape index (κ2) is 7.89. The summed E-state index contributed by atoms with van der Waals surface area (Å²) >= 11 is 3.20. The normalized spacial score (nSPS) is 11.7. The molecule has 1 heterocycles. The first-order chi connectivity index (χ1) is 9.02. The van der Waals surface area contributed by atoms with E-state index in [4.69, 9.17) is 0 Å². The first-order valence-corrected chi connectivity index (χ1v) is 7.01. The van der Waals surface area contributed by atoms with Crippen molar-refractivity contribution in [2.75, 3.05) is 6.54 Å². The molecule has 6 heteroatoms. The SMILES string of the molecule is CCC(C)NC(=O)CCNC(=O)c1ccc(Br)nc1. The van der Waals surface area contributed by atoms with E-state index in [1.54, 1.807) is 12.1 Å². The molecule has 1 rings (SSSR count). The molecule has 0 radical (unpaired) electrons. The van der Waals surface area contributed by atoms with Crippen LogP contribution in [-0.4, -0.2) is 29.4 Å². The van der Waals surface area contributed by atoms with Gasteiger partial charge in [-0.3, -0.25) is 9.59 Å². The summed E-state index contributed by atoms with van der Waals surface area (Å²) in [5, 5.41) is 5.53. The van der Waals surface area contributed by atoms with E-state index >= 15 is 0 Å². The first-order valence-electron chi connectivity index (χ1n) is 6.22. The second-order valence-electron chi connectivity index (χ2n) is 4.25. The minimum Gasteiger partial charge on any atom is -0.354 e. The van der Waals surface area contributed by atoms with Crippen LogP contribution in [0.5, 0.6) is 0 Å². The second-order valence-corrected chi connectivity index (χ2v) is 5.06. The van der Waals surface area contributed by atoms with Gasteiger partial charge in [-0.2, -0.15) is 0 Å². The number of rotatable bonds is 6. The molecule has 0 saturated carbocycles. The summed E-state index contributed by atoms with van der Waals surface area (Å²) in [7, 11) is 0. The van der Waals surface area contributed by atoms with Crippen LogP contribution in [-0.2, 0) is 4.79 Å². The molecule has 2 N–H and O–H groups in total. The van der Waals surface area contributed by atoms with Crippen molar-refractivity contribution >= 4 is 27.7 Å². The van der Waals surface area contributed by atoms with Gasteiger partial charge in [-0.25, -0.2) is 4.98 Å². The molecule has 1 aromatic rings. The highest BCUT2D eigenvalue weighted by molar-refractivity contribution is 9.10. The van der Waals surface area contributed by atoms with E-state index in [-0.39, 0.29) is 24.3 Å². The summed E-state index contributed by atoms with van der Waals surface area (Å²) in [6.07, 6.45) is 2.65. The maximum atomic E-state index is 11.7. The van der Waals surface area contributed by atoms with Crippen LogP contribution in [0.1, 0.15) is 37.0 Å². The third-order valence-corrected chi connectivity index (χ3v) is 3.12. The fourth-order valence-corrected chi connectivity index (χ4v) is 1.59. The van der Waals surface area contributed by atoms with Gasteiger partial charge in [0.2, 0.25) is 5.91 Å². The lowest BCUT2D eigenvalue weighted by Gasteiger charge is -2.11. The molecule has 0 spiro atoms. The van der Waals surface area contributed by atoms with Crippen molar-refractivity contribution in [2.24, 2.45) is 0 Å². The molecule has 1 unspecified atom stereocenters. The summed E-state index contributed by atoms with van der Waals surface area (Å²) in [5.41, 5.74) is 0.477. The molecule has 0 fully saturated rings. The predicted octanol–water partition coefficient (Wildman–Crippen LogP) is 1.88. The largest absolute Gasteiger partial charge is 0.354 e. The number of nitrogens with zero attached hydrogens (tertiary/aromatic N) is 1. The summed E-state index contributed by atoms with van der Waals surface area (Å²) in [6.45, 7) is 4.27. The van der Waals surface area contributed by atoms with E-state index in [0.717, 1.165) is 6.42 Å². The maximum Gasteiger partial charge on any atom is 0.252 e. The van der Waals surface area contributed by atoms with Gasteiger partial charge in [0, 0.05) is 25.2 Å². The highest BCUT2D eigenvalue weighted by atomic mass is 79.9. The van der Waals surface area contributed by atoms with E-state index in [2.05, 4.69) is 31.5 Å². The number of hydrogen-bond acceptors (Lipinski definition) is 3. The lowest BCUT2D eigenvalue weighted by atomic mass is 10.2. The van der Waals surface area contributed by atoms with Crippen LogP contribution in [0.15, 0.2) is 22.9 Å². The highest BCUT2D eigenvalue weighted by Crippen LogP contribution is 2.05. The lowest BCUT2D eigenvalue weighted by Crippen LogP contribution is -2.35. The molecular formula is C13H18BrN3O2. The molecule has 19 heavy (non-hydrogen) atoms. The number of halogens is 1. The average Bonchev–Trinajstić information content (AvgIpc) is 2.39. The number of amides is 2. The number of nitrogens with one attached hydrogen (secondary N) is 2. The monoisotopic (exact) mass is 327 g/mol. The van der Waals surface area contributed by atoms with Crippen molar-refractivity contribution in [1.29, 1.82) is 0 Å². The van der Waals surface area contributed by atoms with E-state index in [1.165, 1.54) is 6.20 Å². The van der Waals surface area contributed by atoms with Gasteiger partial charge in [0.15, 0.2) is 0 Å². The average molecular weight is 328 g/mol. The van der Waals surface area contributed by atoms with Gasteiger partial charge < -0.3 is 10.6 Å². The Kier molecular flexibility index (Phi) is 6.49. The van der Waals surface area contributed by atoms with Crippen LogP contribution in [0.4, 0.5) is 0 Å². The molecule has 104 valence electrons. The fraction of sp³-hybridized carbons (Fsp3) is 0.462. The quantitative estimate of drug-likeness (QED) is 0.783. The van der Waals surface area contributed by atoms with Crippen LogP contribution in [0.25, 0.3) is 0 Å². The van der Waals surface area contributed by atoms with Gasteiger partial charge in [-0.1, -0.05) is 6.92 Å². The van der Waals surface area contributed by atoms with Crippen molar-refractivity contribution in [2.45, 2.75) is 32.7 Å². The smallest absolute Gasteiger partial charge is 0.252 e. The molecule has 0 aliphatic heterocycles. The van der Waals surface area contributed by atoms with Crippen molar-refractivity contribution in [1.82, 2.24) is 15.6 Å². The Labute approximate surface area is 121 Å². The fourth-order valence-electron chi connectivity index (χ4n) is 1.35. The highest BCUT2D eigenvalue weighted by Gasteiger charge is 2.08. The minimum atomic E-state index is -0.226. The molecule has 1 aromatic heterocycles. The van der Waals surface area contributed by atoms with Crippen molar-refractivity contribution < 1.29 is 9.59 Å². The Bertz CT molecular complexity index is 434. The zero-order valence-electron chi connectivity index (χ0n) is 11.1. The predicted molar refractivity (Wildman–Crippen MR) is 76.8 cm³/mol. The Morgan fingerprint density at radius 2 is 2.16 bits per heavy atom. The minimum absolute atomic E-state index is 0.0522. The number of pyridine rings is 1. The van der Waals surface area contributed by atoms with E-state index in [1.807, 2.05) is 13.8 Å². The number of carbonyl (C=O) groups excluding carboxylic acids is 2. The summed E-state index contributed by atoms with van der Waals surface area (Å²) in [5.74, 6) is -0.278. The Hall–Kier alpha value is -1.43. The summed E-state index contributed by atoms with van der Waals surface area (Å²) in [4.78, 5) is 27.2. The number of aromatic nitrogens is 1. The van der Waals surface area contributed by atoms with E-state index in [9.17, 15) is 9.59 Å². The van der Waals surface area contributed by atoms with Gasteiger partial charge >= 0.3 is 0 Å². The molecule has 0 saturated heterocycles.